The number of para-hydroxylation sites is 2. The molecular weight excluding hydrogens is 498 g/mol. The highest BCUT2D eigenvalue weighted by atomic mass is 15.0. The predicted molar refractivity (Wildman–Crippen MR) is 169 cm³/mol. The summed E-state index contributed by atoms with van der Waals surface area (Å²) in [7, 11) is 0. The maximum Gasteiger partial charge on any atom is 0.159 e. The van der Waals surface area contributed by atoms with Gasteiger partial charge in [-0.1, -0.05) is 91.0 Å². The van der Waals surface area contributed by atoms with Gasteiger partial charge < -0.3 is 4.57 Å². The Kier molecular flexibility index (Phi) is 4.61. The third-order valence-electron chi connectivity index (χ3n) is 8.48. The van der Waals surface area contributed by atoms with Crippen LogP contribution >= 0.6 is 0 Å². The van der Waals surface area contributed by atoms with Crippen LogP contribution in [0.3, 0.4) is 0 Å². The summed E-state index contributed by atoms with van der Waals surface area (Å²) in [5.41, 5.74) is 13.8. The van der Waals surface area contributed by atoms with Crippen molar-refractivity contribution >= 4 is 32.8 Å². The Bertz CT molecular complexity index is 2270. The second-order valence-corrected chi connectivity index (χ2v) is 10.6. The Morgan fingerprint density at radius 2 is 0.951 bits per heavy atom. The fraction of sp³-hybridized carbons (Fsp3) is 0. The zero-order valence-electron chi connectivity index (χ0n) is 22.1. The minimum atomic E-state index is 0.755. The lowest BCUT2D eigenvalue weighted by Crippen LogP contribution is -2.01. The van der Waals surface area contributed by atoms with Crippen LogP contribution in [0, 0.1) is 0 Å². The molecule has 9 rings (SSSR count). The van der Waals surface area contributed by atoms with Crippen molar-refractivity contribution in [3.8, 4) is 50.2 Å². The topological polar surface area (TPSA) is 30.7 Å². The van der Waals surface area contributed by atoms with Crippen molar-refractivity contribution < 1.29 is 0 Å². The van der Waals surface area contributed by atoms with Gasteiger partial charge in [0.1, 0.15) is 0 Å². The molecule has 0 aliphatic heterocycles. The van der Waals surface area contributed by atoms with Crippen molar-refractivity contribution in [2.75, 3.05) is 0 Å². The van der Waals surface area contributed by atoms with Crippen molar-refractivity contribution in [1.29, 1.82) is 0 Å². The van der Waals surface area contributed by atoms with Gasteiger partial charge in [0.15, 0.2) is 5.65 Å². The molecule has 3 aromatic heterocycles. The van der Waals surface area contributed by atoms with Gasteiger partial charge in [0.2, 0.25) is 0 Å². The molecule has 1 aliphatic rings. The van der Waals surface area contributed by atoms with Crippen LogP contribution in [0.4, 0.5) is 0 Å². The molecule has 0 saturated heterocycles. The van der Waals surface area contributed by atoms with Gasteiger partial charge in [-0.2, -0.15) is 0 Å². The van der Waals surface area contributed by atoms with E-state index in [0.717, 1.165) is 22.3 Å². The third-order valence-corrected chi connectivity index (χ3v) is 8.48. The van der Waals surface area contributed by atoms with Crippen LogP contribution in [0.25, 0.3) is 83.0 Å². The Morgan fingerprint density at radius 3 is 1.61 bits per heavy atom. The highest BCUT2D eigenvalue weighted by molar-refractivity contribution is 6.12. The molecule has 8 aromatic rings. The molecule has 0 bridgehead atoms. The van der Waals surface area contributed by atoms with Crippen LogP contribution in [0.15, 0.2) is 140 Å². The molecule has 0 unspecified atom stereocenters. The molecule has 190 valence electrons. The highest BCUT2D eigenvalue weighted by Crippen LogP contribution is 2.49. The number of benzene rings is 5. The van der Waals surface area contributed by atoms with Gasteiger partial charge in [-0.15, -0.1) is 0 Å². The van der Waals surface area contributed by atoms with E-state index < -0.39 is 0 Å². The third kappa shape index (κ3) is 3.14. The first-order chi connectivity index (χ1) is 20.4. The number of hydrogen-bond donors (Lipinski definition) is 0. The van der Waals surface area contributed by atoms with Gasteiger partial charge in [-0.3, -0.25) is 0 Å². The SMILES string of the molecule is c1ccc2c(c1)-c1ccccc1-c1cnc3ncccc3c1-c1cc(-n3c4ccccc4c4ccccc43)ccc1-2. The first-order valence-corrected chi connectivity index (χ1v) is 13.9. The first-order valence-electron chi connectivity index (χ1n) is 13.9. The summed E-state index contributed by atoms with van der Waals surface area (Å²) in [5, 5.41) is 3.57. The number of fused-ring (bicyclic) bond motifs is 13. The average molecular weight is 522 g/mol. The average Bonchev–Trinajstić information content (AvgIpc) is 3.38. The zero-order valence-corrected chi connectivity index (χ0v) is 22.1. The highest BCUT2D eigenvalue weighted by Gasteiger charge is 2.25. The van der Waals surface area contributed by atoms with Gasteiger partial charge in [0.05, 0.1) is 11.0 Å². The molecule has 0 amide bonds. The van der Waals surface area contributed by atoms with Crippen LogP contribution < -0.4 is 0 Å². The molecule has 3 heterocycles. The van der Waals surface area contributed by atoms with Crippen molar-refractivity contribution in [1.82, 2.24) is 14.5 Å². The lowest BCUT2D eigenvalue weighted by Gasteiger charge is -2.24. The summed E-state index contributed by atoms with van der Waals surface area (Å²) in [5.74, 6) is 0. The van der Waals surface area contributed by atoms with Crippen LogP contribution in [0.1, 0.15) is 0 Å². The first kappa shape index (κ1) is 22.3. The van der Waals surface area contributed by atoms with Crippen molar-refractivity contribution in [2.45, 2.75) is 0 Å². The molecule has 3 heteroatoms. The maximum absolute atomic E-state index is 4.83. The Morgan fingerprint density at radius 1 is 0.415 bits per heavy atom. The smallest absolute Gasteiger partial charge is 0.159 e. The van der Waals surface area contributed by atoms with Gasteiger partial charge in [-0.05, 0) is 69.8 Å². The minimum absolute atomic E-state index is 0.755. The van der Waals surface area contributed by atoms with E-state index in [1.165, 1.54) is 60.8 Å². The standard InChI is InChI=1S/C38H23N3/c1-2-12-27-25(10-1)26-11-3-4-13-28(26)34-23-40-38-32(16-9-21-39-38)37(34)33-22-24(19-20-29(27)33)41-35-17-7-5-14-30(35)31-15-6-8-18-36(31)41/h1-23H. The lowest BCUT2D eigenvalue weighted by molar-refractivity contribution is 1.18. The minimum Gasteiger partial charge on any atom is -0.309 e. The summed E-state index contributed by atoms with van der Waals surface area (Å²) in [6.07, 6.45) is 3.83. The number of pyridine rings is 2. The summed E-state index contributed by atoms with van der Waals surface area (Å²) in [4.78, 5) is 9.49. The van der Waals surface area contributed by atoms with Gasteiger partial charge >= 0.3 is 0 Å². The molecule has 3 nitrogen and oxygen atoms in total. The summed E-state index contributed by atoms with van der Waals surface area (Å²) in [6, 6.07) is 45.9. The van der Waals surface area contributed by atoms with Crippen LogP contribution in [0.2, 0.25) is 0 Å². The second kappa shape index (κ2) is 8.48. The van der Waals surface area contributed by atoms with Crippen LogP contribution in [0.5, 0.6) is 0 Å². The van der Waals surface area contributed by atoms with Crippen LogP contribution in [-0.2, 0) is 0 Å². The lowest BCUT2D eigenvalue weighted by atomic mass is 9.80. The van der Waals surface area contributed by atoms with Gasteiger partial charge in [0, 0.05) is 45.4 Å². The summed E-state index contributed by atoms with van der Waals surface area (Å²) >= 11 is 0. The quantitative estimate of drug-likeness (QED) is 0.215. The molecule has 1 aliphatic carbocycles. The number of nitrogens with zero attached hydrogens (tertiary/aromatic N) is 3. The van der Waals surface area contributed by atoms with E-state index in [1.807, 2.05) is 18.5 Å². The Labute approximate surface area is 237 Å². The Balaban J connectivity index is 1.46. The molecule has 0 spiro atoms. The van der Waals surface area contributed by atoms with E-state index in [9.17, 15) is 0 Å². The fourth-order valence-corrected chi connectivity index (χ4v) is 6.74. The van der Waals surface area contributed by atoms with E-state index in [-0.39, 0.29) is 0 Å². The zero-order chi connectivity index (χ0) is 26.9. The fourth-order valence-electron chi connectivity index (χ4n) is 6.74. The molecular formula is C38H23N3. The molecule has 0 saturated carbocycles. The summed E-state index contributed by atoms with van der Waals surface area (Å²) < 4.78 is 2.39. The van der Waals surface area contributed by atoms with Crippen LogP contribution in [-0.4, -0.2) is 14.5 Å². The van der Waals surface area contributed by atoms with Gasteiger partial charge in [0.25, 0.3) is 0 Å². The van der Waals surface area contributed by atoms with E-state index >= 15 is 0 Å². The normalized spacial score (nSPS) is 11.9. The maximum atomic E-state index is 4.83. The number of hydrogen-bond acceptors (Lipinski definition) is 2. The predicted octanol–water partition coefficient (Wildman–Crippen LogP) is 9.71. The van der Waals surface area contributed by atoms with Crippen molar-refractivity contribution in [2.24, 2.45) is 0 Å². The summed E-state index contributed by atoms with van der Waals surface area (Å²) in [6.45, 7) is 0. The van der Waals surface area contributed by atoms with Gasteiger partial charge in [-0.25, -0.2) is 9.97 Å². The monoisotopic (exact) mass is 521 g/mol. The molecule has 0 atom stereocenters. The largest absolute Gasteiger partial charge is 0.309 e. The van der Waals surface area contributed by atoms with E-state index in [1.54, 1.807) is 0 Å². The molecule has 0 N–H and O–H groups in total. The van der Waals surface area contributed by atoms with Crippen molar-refractivity contribution in [3.05, 3.63) is 140 Å². The molecule has 41 heavy (non-hydrogen) atoms. The Hall–Kier alpha value is -5.54. The number of rotatable bonds is 1. The van der Waals surface area contributed by atoms with E-state index in [4.69, 9.17) is 4.98 Å². The van der Waals surface area contributed by atoms with Crippen molar-refractivity contribution in [3.63, 3.8) is 0 Å². The second-order valence-electron chi connectivity index (χ2n) is 10.6. The van der Waals surface area contributed by atoms with E-state index in [0.29, 0.717) is 0 Å². The molecule has 0 fully saturated rings. The molecule has 0 radical (unpaired) electrons. The number of aromatic nitrogens is 3. The van der Waals surface area contributed by atoms with E-state index in [2.05, 4.69) is 131 Å². The molecule has 5 aromatic carbocycles.